The quantitative estimate of drug-likeness (QED) is 0.798. The number of fused-ring (bicyclic) bond motifs is 1. The fourth-order valence-corrected chi connectivity index (χ4v) is 3.51. The molecule has 108 valence electrons. The zero-order valence-electron chi connectivity index (χ0n) is 11.8. The van der Waals surface area contributed by atoms with Crippen LogP contribution < -0.4 is 5.32 Å². The predicted octanol–water partition coefficient (Wildman–Crippen LogP) is 3.00. The number of nitrogens with one attached hydrogen (secondary N) is 1. The van der Waals surface area contributed by atoms with Gasteiger partial charge in [-0.1, -0.05) is 37.3 Å². The molecule has 0 aliphatic carbocycles. The minimum absolute atomic E-state index is 0.196. The third kappa shape index (κ3) is 3.81. The van der Waals surface area contributed by atoms with E-state index in [1.165, 1.54) is 0 Å². The monoisotopic (exact) mass is 291 g/mol. The molecule has 0 fully saturated rings. The lowest BCUT2D eigenvalue weighted by molar-refractivity contribution is 0.588. The minimum Gasteiger partial charge on any atom is -0.317 e. The summed E-state index contributed by atoms with van der Waals surface area (Å²) in [6.07, 6.45) is 1.71. The maximum absolute atomic E-state index is 12.3. The van der Waals surface area contributed by atoms with E-state index in [9.17, 15) is 8.42 Å². The standard InChI is InChI=1S/C16H21NO2S/c1-2-10-17-11-5-12-20(18,19)16-9-8-14-6-3-4-7-15(14)13-16/h3-4,6-9,13,17H,2,5,10-12H2,1H3. The topological polar surface area (TPSA) is 46.2 Å². The lowest BCUT2D eigenvalue weighted by Crippen LogP contribution is -2.19. The van der Waals surface area contributed by atoms with E-state index < -0.39 is 9.84 Å². The first-order valence-corrected chi connectivity index (χ1v) is 8.71. The summed E-state index contributed by atoms with van der Waals surface area (Å²) in [5.74, 6) is 0.196. The first-order chi connectivity index (χ1) is 9.63. The lowest BCUT2D eigenvalue weighted by Gasteiger charge is -2.07. The maximum Gasteiger partial charge on any atom is 0.178 e. The van der Waals surface area contributed by atoms with E-state index in [-0.39, 0.29) is 5.75 Å². The molecule has 4 heteroatoms. The SMILES string of the molecule is CCCNCCCS(=O)(=O)c1ccc2ccccc2c1. The molecule has 0 saturated carbocycles. The van der Waals surface area contributed by atoms with Crippen molar-refractivity contribution in [3.63, 3.8) is 0 Å². The van der Waals surface area contributed by atoms with Crippen molar-refractivity contribution in [3.05, 3.63) is 42.5 Å². The van der Waals surface area contributed by atoms with Gasteiger partial charge in [-0.05, 0) is 48.8 Å². The van der Waals surface area contributed by atoms with Crippen LogP contribution in [-0.4, -0.2) is 27.3 Å². The molecule has 0 saturated heterocycles. The zero-order chi connectivity index (χ0) is 14.4. The van der Waals surface area contributed by atoms with Crippen LogP contribution in [0.1, 0.15) is 19.8 Å². The van der Waals surface area contributed by atoms with Crippen LogP contribution in [0.25, 0.3) is 10.8 Å². The summed E-state index contributed by atoms with van der Waals surface area (Å²) >= 11 is 0. The number of benzene rings is 2. The lowest BCUT2D eigenvalue weighted by atomic mass is 10.1. The van der Waals surface area contributed by atoms with Crippen LogP contribution in [0.15, 0.2) is 47.4 Å². The van der Waals surface area contributed by atoms with Crippen molar-refractivity contribution in [2.24, 2.45) is 0 Å². The molecule has 0 bridgehead atoms. The molecular formula is C16H21NO2S. The van der Waals surface area contributed by atoms with Crippen molar-refractivity contribution in [2.45, 2.75) is 24.7 Å². The molecule has 0 aromatic heterocycles. The summed E-state index contributed by atoms with van der Waals surface area (Å²) in [5.41, 5.74) is 0. The van der Waals surface area contributed by atoms with Crippen molar-refractivity contribution < 1.29 is 8.42 Å². The molecule has 2 rings (SSSR count). The molecule has 20 heavy (non-hydrogen) atoms. The molecule has 0 atom stereocenters. The highest BCUT2D eigenvalue weighted by atomic mass is 32.2. The van der Waals surface area contributed by atoms with Crippen molar-refractivity contribution in [1.29, 1.82) is 0 Å². The van der Waals surface area contributed by atoms with E-state index in [0.717, 1.165) is 30.3 Å². The summed E-state index contributed by atoms with van der Waals surface area (Å²) in [7, 11) is -3.18. The minimum atomic E-state index is -3.18. The summed E-state index contributed by atoms with van der Waals surface area (Å²) in [5, 5.41) is 5.26. The molecule has 2 aromatic carbocycles. The second-order valence-electron chi connectivity index (χ2n) is 4.93. The Morgan fingerprint density at radius 3 is 2.50 bits per heavy atom. The van der Waals surface area contributed by atoms with Crippen LogP contribution in [0, 0.1) is 0 Å². The van der Waals surface area contributed by atoms with Crippen LogP contribution in [-0.2, 0) is 9.84 Å². The van der Waals surface area contributed by atoms with E-state index >= 15 is 0 Å². The van der Waals surface area contributed by atoms with Gasteiger partial charge < -0.3 is 5.32 Å². The van der Waals surface area contributed by atoms with Gasteiger partial charge in [-0.2, -0.15) is 0 Å². The van der Waals surface area contributed by atoms with Crippen LogP contribution in [0.5, 0.6) is 0 Å². The molecule has 0 spiro atoms. The van der Waals surface area contributed by atoms with Gasteiger partial charge in [-0.15, -0.1) is 0 Å². The maximum atomic E-state index is 12.3. The highest BCUT2D eigenvalue weighted by molar-refractivity contribution is 7.91. The van der Waals surface area contributed by atoms with Crippen LogP contribution in [0.2, 0.25) is 0 Å². The Kier molecular flexibility index (Phi) is 5.15. The van der Waals surface area contributed by atoms with Crippen molar-refractivity contribution in [1.82, 2.24) is 5.32 Å². The Morgan fingerprint density at radius 2 is 1.75 bits per heavy atom. The summed E-state index contributed by atoms with van der Waals surface area (Å²) < 4.78 is 24.6. The first kappa shape index (κ1) is 15.0. The fourth-order valence-electron chi connectivity index (χ4n) is 2.17. The molecule has 0 aliphatic heterocycles. The molecule has 0 heterocycles. The van der Waals surface area contributed by atoms with Gasteiger partial charge in [0.15, 0.2) is 9.84 Å². The van der Waals surface area contributed by atoms with Crippen molar-refractivity contribution in [2.75, 3.05) is 18.8 Å². The van der Waals surface area contributed by atoms with E-state index in [0.29, 0.717) is 11.3 Å². The van der Waals surface area contributed by atoms with Gasteiger partial charge in [-0.25, -0.2) is 8.42 Å². The fraction of sp³-hybridized carbons (Fsp3) is 0.375. The van der Waals surface area contributed by atoms with E-state index in [1.807, 2.05) is 30.3 Å². The first-order valence-electron chi connectivity index (χ1n) is 7.06. The zero-order valence-corrected chi connectivity index (χ0v) is 12.6. The predicted molar refractivity (Wildman–Crippen MR) is 83.8 cm³/mol. The second-order valence-corrected chi connectivity index (χ2v) is 7.04. The van der Waals surface area contributed by atoms with E-state index in [4.69, 9.17) is 0 Å². The molecule has 0 radical (unpaired) electrons. The van der Waals surface area contributed by atoms with Gasteiger partial charge in [0.05, 0.1) is 10.6 Å². The van der Waals surface area contributed by atoms with E-state index in [2.05, 4.69) is 12.2 Å². The highest BCUT2D eigenvalue weighted by Gasteiger charge is 2.14. The Labute approximate surface area is 120 Å². The largest absolute Gasteiger partial charge is 0.317 e. The summed E-state index contributed by atoms with van der Waals surface area (Å²) in [6.45, 7) is 3.79. The third-order valence-electron chi connectivity index (χ3n) is 3.27. The van der Waals surface area contributed by atoms with Gasteiger partial charge in [0.2, 0.25) is 0 Å². The highest BCUT2D eigenvalue weighted by Crippen LogP contribution is 2.20. The van der Waals surface area contributed by atoms with Gasteiger partial charge in [0.25, 0.3) is 0 Å². The van der Waals surface area contributed by atoms with Crippen LogP contribution >= 0.6 is 0 Å². The van der Waals surface area contributed by atoms with Gasteiger partial charge >= 0.3 is 0 Å². The Hall–Kier alpha value is -1.39. The van der Waals surface area contributed by atoms with E-state index in [1.54, 1.807) is 12.1 Å². The molecular weight excluding hydrogens is 270 g/mol. The molecule has 0 amide bonds. The van der Waals surface area contributed by atoms with Crippen molar-refractivity contribution >= 4 is 20.6 Å². The Balaban J connectivity index is 2.07. The second kappa shape index (κ2) is 6.86. The van der Waals surface area contributed by atoms with Crippen LogP contribution in [0.3, 0.4) is 0 Å². The summed E-state index contributed by atoms with van der Waals surface area (Å²) in [6, 6.07) is 13.2. The molecule has 3 nitrogen and oxygen atoms in total. The number of rotatable bonds is 7. The normalized spacial score (nSPS) is 11.8. The number of sulfone groups is 1. The molecule has 0 unspecified atom stereocenters. The average Bonchev–Trinajstić information content (AvgIpc) is 2.46. The summed E-state index contributed by atoms with van der Waals surface area (Å²) in [4.78, 5) is 0.423. The average molecular weight is 291 g/mol. The smallest absolute Gasteiger partial charge is 0.178 e. The van der Waals surface area contributed by atoms with Gasteiger partial charge in [0, 0.05) is 0 Å². The Bertz CT molecular complexity index is 665. The molecule has 0 aliphatic rings. The van der Waals surface area contributed by atoms with Crippen molar-refractivity contribution in [3.8, 4) is 0 Å². The third-order valence-corrected chi connectivity index (χ3v) is 5.07. The van der Waals surface area contributed by atoms with Gasteiger partial charge in [-0.3, -0.25) is 0 Å². The number of hydrogen-bond donors (Lipinski definition) is 1. The number of hydrogen-bond acceptors (Lipinski definition) is 3. The molecule has 2 aromatic rings. The Morgan fingerprint density at radius 1 is 1.00 bits per heavy atom. The van der Waals surface area contributed by atoms with Crippen LogP contribution in [0.4, 0.5) is 0 Å². The molecule has 1 N–H and O–H groups in total. The van der Waals surface area contributed by atoms with Gasteiger partial charge in [0.1, 0.15) is 0 Å².